The quantitative estimate of drug-likeness (QED) is 0.927. The Labute approximate surface area is 127 Å². The van der Waals surface area contributed by atoms with Gasteiger partial charge in [0.2, 0.25) is 0 Å². The van der Waals surface area contributed by atoms with Crippen LogP contribution in [0.3, 0.4) is 0 Å². The third kappa shape index (κ3) is 3.62. The fourth-order valence-corrected chi connectivity index (χ4v) is 3.15. The van der Waals surface area contributed by atoms with Crippen molar-refractivity contribution in [1.82, 2.24) is 4.90 Å². The Bertz CT molecular complexity index is 476. The average molecular weight is 290 g/mol. The fraction of sp³-hybridized carbons (Fsp3) is 0.647. The molecule has 0 saturated carbocycles. The molecule has 1 N–H and O–H groups in total. The van der Waals surface area contributed by atoms with Gasteiger partial charge in [-0.05, 0) is 51.8 Å². The Morgan fingerprint density at radius 1 is 1.10 bits per heavy atom. The maximum Gasteiger partial charge on any atom is 0.163 e. The van der Waals surface area contributed by atoms with Crippen molar-refractivity contribution in [2.75, 3.05) is 31.6 Å². The molecule has 1 aromatic carbocycles. The van der Waals surface area contributed by atoms with Crippen LogP contribution in [0.25, 0.3) is 0 Å². The second-order valence-electron chi connectivity index (χ2n) is 6.26. The van der Waals surface area contributed by atoms with Gasteiger partial charge in [0.1, 0.15) is 13.2 Å². The molecular formula is C17H26N2O2. The first-order valence-electron chi connectivity index (χ1n) is 8.12. The van der Waals surface area contributed by atoms with Gasteiger partial charge in [-0.15, -0.1) is 0 Å². The summed E-state index contributed by atoms with van der Waals surface area (Å²) in [5, 5.41) is 3.67. The molecular weight excluding hydrogens is 264 g/mol. The lowest BCUT2D eigenvalue weighted by atomic mass is 10.1. The van der Waals surface area contributed by atoms with Gasteiger partial charge < -0.3 is 19.7 Å². The summed E-state index contributed by atoms with van der Waals surface area (Å²) in [5.41, 5.74) is 1.14. The van der Waals surface area contributed by atoms with Crippen LogP contribution >= 0.6 is 0 Å². The number of likely N-dealkylation sites (tertiary alicyclic amines) is 1. The molecule has 1 atom stereocenters. The molecule has 2 aliphatic rings. The monoisotopic (exact) mass is 290 g/mol. The molecule has 1 aromatic rings. The lowest BCUT2D eigenvalue weighted by Crippen LogP contribution is -2.32. The number of fused-ring (bicyclic) bond motifs is 1. The standard InChI is InChI=1S/C17H26N2O2/c1-13(2)19-8-3-4-14(7-9-19)18-15-5-6-16-17(12-15)21-11-10-20-16/h5-6,12-14,18H,3-4,7-11H2,1-2H3. The molecule has 0 radical (unpaired) electrons. The number of benzene rings is 1. The number of hydrogen-bond acceptors (Lipinski definition) is 4. The molecule has 2 aliphatic heterocycles. The van der Waals surface area contributed by atoms with Crippen LogP contribution in [0.5, 0.6) is 11.5 Å². The molecule has 0 amide bonds. The summed E-state index contributed by atoms with van der Waals surface area (Å²) in [4.78, 5) is 2.57. The van der Waals surface area contributed by atoms with Gasteiger partial charge in [-0.25, -0.2) is 0 Å². The molecule has 0 spiro atoms. The summed E-state index contributed by atoms with van der Waals surface area (Å²) >= 11 is 0. The number of hydrogen-bond donors (Lipinski definition) is 1. The van der Waals surface area contributed by atoms with E-state index in [2.05, 4.69) is 36.2 Å². The highest BCUT2D eigenvalue weighted by Crippen LogP contribution is 2.33. The second kappa shape index (κ2) is 6.56. The van der Waals surface area contributed by atoms with Gasteiger partial charge >= 0.3 is 0 Å². The molecule has 4 nitrogen and oxygen atoms in total. The van der Waals surface area contributed by atoms with E-state index >= 15 is 0 Å². The molecule has 0 aromatic heterocycles. The van der Waals surface area contributed by atoms with E-state index in [1.807, 2.05) is 6.07 Å². The van der Waals surface area contributed by atoms with Gasteiger partial charge in [0.25, 0.3) is 0 Å². The van der Waals surface area contributed by atoms with Gasteiger partial charge in [-0.2, -0.15) is 0 Å². The lowest BCUT2D eigenvalue weighted by Gasteiger charge is -2.24. The van der Waals surface area contributed by atoms with Crippen molar-refractivity contribution in [2.24, 2.45) is 0 Å². The van der Waals surface area contributed by atoms with E-state index in [4.69, 9.17) is 9.47 Å². The molecule has 0 aliphatic carbocycles. The molecule has 116 valence electrons. The normalized spacial score (nSPS) is 22.9. The number of nitrogens with one attached hydrogen (secondary N) is 1. The van der Waals surface area contributed by atoms with E-state index in [0.717, 1.165) is 17.2 Å². The average Bonchev–Trinajstić information content (AvgIpc) is 2.73. The van der Waals surface area contributed by atoms with E-state index in [1.165, 1.54) is 32.4 Å². The summed E-state index contributed by atoms with van der Waals surface area (Å²) in [6.45, 7) is 8.26. The zero-order chi connectivity index (χ0) is 14.7. The minimum atomic E-state index is 0.552. The van der Waals surface area contributed by atoms with Crippen molar-refractivity contribution in [3.8, 4) is 11.5 Å². The highest BCUT2D eigenvalue weighted by atomic mass is 16.6. The van der Waals surface area contributed by atoms with Crippen LogP contribution in [0.2, 0.25) is 0 Å². The van der Waals surface area contributed by atoms with Crippen LogP contribution in [0.1, 0.15) is 33.1 Å². The first-order valence-corrected chi connectivity index (χ1v) is 8.12. The fourth-order valence-electron chi connectivity index (χ4n) is 3.15. The van der Waals surface area contributed by atoms with Gasteiger partial charge in [-0.1, -0.05) is 0 Å². The molecule has 4 heteroatoms. The predicted molar refractivity (Wildman–Crippen MR) is 85.4 cm³/mol. The Balaban J connectivity index is 1.61. The topological polar surface area (TPSA) is 33.7 Å². The summed E-state index contributed by atoms with van der Waals surface area (Å²) in [6.07, 6.45) is 3.70. The van der Waals surface area contributed by atoms with Crippen LogP contribution < -0.4 is 14.8 Å². The number of nitrogens with zero attached hydrogens (tertiary/aromatic N) is 1. The van der Waals surface area contributed by atoms with Gasteiger partial charge in [0, 0.05) is 30.4 Å². The van der Waals surface area contributed by atoms with Crippen molar-refractivity contribution in [1.29, 1.82) is 0 Å². The largest absolute Gasteiger partial charge is 0.486 e. The van der Waals surface area contributed by atoms with Crippen LogP contribution in [-0.2, 0) is 0 Å². The van der Waals surface area contributed by atoms with Crippen LogP contribution in [0, 0.1) is 0 Å². The van der Waals surface area contributed by atoms with Crippen LogP contribution in [-0.4, -0.2) is 43.3 Å². The summed E-state index contributed by atoms with van der Waals surface area (Å²) in [6, 6.07) is 7.38. The van der Waals surface area contributed by atoms with E-state index in [9.17, 15) is 0 Å². The lowest BCUT2D eigenvalue weighted by molar-refractivity contribution is 0.171. The minimum absolute atomic E-state index is 0.552. The van der Waals surface area contributed by atoms with Crippen molar-refractivity contribution in [2.45, 2.75) is 45.2 Å². The Morgan fingerprint density at radius 3 is 2.71 bits per heavy atom. The maximum absolute atomic E-state index is 5.65. The number of anilines is 1. The highest BCUT2D eigenvalue weighted by Gasteiger charge is 2.19. The van der Waals surface area contributed by atoms with E-state index in [0.29, 0.717) is 25.3 Å². The van der Waals surface area contributed by atoms with Gasteiger partial charge in [0.15, 0.2) is 11.5 Å². The number of ether oxygens (including phenoxy) is 2. The highest BCUT2D eigenvalue weighted by molar-refractivity contribution is 5.55. The zero-order valence-electron chi connectivity index (χ0n) is 13.1. The van der Waals surface area contributed by atoms with E-state index in [1.54, 1.807) is 0 Å². The van der Waals surface area contributed by atoms with Crippen LogP contribution in [0.15, 0.2) is 18.2 Å². The van der Waals surface area contributed by atoms with E-state index < -0.39 is 0 Å². The summed E-state index contributed by atoms with van der Waals surface area (Å²) < 4.78 is 11.2. The van der Waals surface area contributed by atoms with Crippen molar-refractivity contribution >= 4 is 5.69 Å². The predicted octanol–water partition coefficient (Wildman–Crippen LogP) is 3.13. The molecule has 21 heavy (non-hydrogen) atoms. The molecule has 0 bridgehead atoms. The maximum atomic E-state index is 5.65. The summed E-state index contributed by atoms with van der Waals surface area (Å²) in [7, 11) is 0. The van der Waals surface area contributed by atoms with Gasteiger partial charge in [0.05, 0.1) is 0 Å². The van der Waals surface area contributed by atoms with Crippen molar-refractivity contribution in [3.63, 3.8) is 0 Å². The third-order valence-corrected chi connectivity index (χ3v) is 4.41. The van der Waals surface area contributed by atoms with E-state index in [-0.39, 0.29) is 0 Å². The Kier molecular flexibility index (Phi) is 4.54. The Hall–Kier alpha value is -1.42. The third-order valence-electron chi connectivity index (χ3n) is 4.41. The first-order chi connectivity index (χ1) is 10.2. The minimum Gasteiger partial charge on any atom is -0.486 e. The molecule has 2 heterocycles. The first kappa shape index (κ1) is 14.5. The summed E-state index contributed by atoms with van der Waals surface area (Å²) in [5.74, 6) is 1.72. The van der Waals surface area contributed by atoms with Crippen molar-refractivity contribution in [3.05, 3.63) is 18.2 Å². The molecule has 3 rings (SSSR count). The molecule has 1 unspecified atom stereocenters. The van der Waals surface area contributed by atoms with Crippen LogP contribution in [0.4, 0.5) is 5.69 Å². The zero-order valence-corrected chi connectivity index (χ0v) is 13.1. The van der Waals surface area contributed by atoms with Crippen molar-refractivity contribution < 1.29 is 9.47 Å². The SMILES string of the molecule is CC(C)N1CCCC(Nc2ccc3c(c2)OCCO3)CC1. The smallest absolute Gasteiger partial charge is 0.163 e. The second-order valence-corrected chi connectivity index (χ2v) is 6.26. The van der Waals surface area contributed by atoms with Gasteiger partial charge in [-0.3, -0.25) is 0 Å². The molecule has 1 saturated heterocycles. The molecule has 1 fully saturated rings. The number of rotatable bonds is 3. The Morgan fingerprint density at radius 2 is 1.90 bits per heavy atom.